The highest BCUT2D eigenvalue weighted by atomic mass is 35.5. The molecule has 0 amide bonds. The van der Waals surface area contributed by atoms with Crippen molar-refractivity contribution in [1.82, 2.24) is 4.98 Å². The summed E-state index contributed by atoms with van der Waals surface area (Å²) in [5.41, 5.74) is -0.393. The van der Waals surface area contributed by atoms with Gasteiger partial charge in [0.05, 0.1) is 24.8 Å². The van der Waals surface area contributed by atoms with Gasteiger partial charge in [0.1, 0.15) is 6.07 Å². The Kier molecular flexibility index (Phi) is 4.98. The maximum absolute atomic E-state index is 12.7. The number of aromatic nitrogens is 1. The van der Waals surface area contributed by atoms with Gasteiger partial charge in [-0.25, -0.2) is 8.78 Å². The first-order valence-electron chi connectivity index (χ1n) is 4.86. The van der Waals surface area contributed by atoms with Crippen LogP contribution in [-0.4, -0.2) is 18.1 Å². The van der Waals surface area contributed by atoms with Crippen LogP contribution < -0.4 is 0 Å². The fourth-order valence-electron chi connectivity index (χ4n) is 1.42. The van der Waals surface area contributed by atoms with E-state index in [2.05, 4.69) is 9.72 Å². The van der Waals surface area contributed by atoms with Crippen molar-refractivity contribution in [2.24, 2.45) is 0 Å². The lowest BCUT2D eigenvalue weighted by molar-refractivity contribution is -0.139. The number of ether oxygens (including phenoxy) is 1. The Labute approximate surface area is 107 Å². The van der Waals surface area contributed by atoms with Crippen molar-refractivity contribution in [2.45, 2.75) is 18.7 Å². The topological polar surface area (TPSA) is 63.0 Å². The van der Waals surface area contributed by atoms with Crippen LogP contribution in [0.1, 0.15) is 28.8 Å². The number of pyridine rings is 1. The van der Waals surface area contributed by atoms with Crippen LogP contribution in [0.15, 0.2) is 6.20 Å². The molecule has 0 aliphatic heterocycles. The van der Waals surface area contributed by atoms with E-state index < -0.39 is 18.0 Å². The molecule has 0 aromatic carbocycles. The highest BCUT2D eigenvalue weighted by molar-refractivity contribution is 6.17. The fraction of sp³-hybridized carbons (Fsp3) is 0.364. The molecule has 0 spiro atoms. The van der Waals surface area contributed by atoms with Gasteiger partial charge in [0.15, 0.2) is 0 Å². The quantitative estimate of drug-likeness (QED) is 0.624. The summed E-state index contributed by atoms with van der Waals surface area (Å²) in [5.74, 6) is -0.858. The zero-order chi connectivity index (χ0) is 13.7. The third-order valence-corrected chi connectivity index (χ3v) is 2.59. The molecule has 0 saturated carbocycles. The predicted molar refractivity (Wildman–Crippen MR) is 59.2 cm³/mol. The van der Waals surface area contributed by atoms with E-state index in [0.29, 0.717) is 0 Å². The van der Waals surface area contributed by atoms with Crippen LogP contribution in [0.3, 0.4) is 0 Å². The summed E-state index contributed by atoms with van der Waals surface area (Å²) in [6.07, 6.45) is -2.10. The smallest absolute Gasteiger partial charge is 0.311 e. The standard InChI is InChI=1S/C11H9ClF2N2O2/c1-18-10(17)2-9-7(4-15)6(3-12)8(5-16-9)11(13)14/h5,11H,2-3H2,1H3. The maximum Gasteiger partial charge on any atom is 0.311 e. The second-order valence-electron chi connectivity index (χ2n) is 3.31. The first-order chi connectivity index (χ1) is 8.54. The van der Waals surface area contributed by atoms with Crippen LogP contribution in [0.5, 0.6) is 0 Å². The summed E-state index contributed by atoms with van der Waals surface area (Å²) < 4.78 is 29.8. The molecule has 1 aromatic heterocycles. The monoisotopic (exact) mass is 274 g/mol. The summed E-state index contributed by atoms with van der Waals surface area (Å²) in [5, 5.41) is 8.98. The Morgan fingerprint density at radius 3 is 2.78 bits per heavy atom. The summed E-state index contributed by atoms with van der Waals surface area (Å²) in [4.78, 5) is 14.8. The first-order valence-corrected chi connectivity index (χ1v) is 5.40. The predicted octanol–water partition coefficient (Wildman–Crippen LogP) is 2.35. The summed E-state index contributed by atoms with van der Waals surface area (Å²) in [7, 11) is 1.18. The van der Waals surface area contributed by atoms with Crippen molar-refractivity contribution in [3.63, 3.8) is 0 Å². The largest absolute Gasteiger partial charge is 0.469 e. The number of nitrogens with zero attached hydrogens (tertiary/aromatic N) is 2. The van der Waals surface area contributed by atoms with Gasteiger partial charge in [0, 0.05) is 17.6 Å². The molecule has 0 bridgehead atoms. The van der Waals surface area contributed by atoms with Crippen molar-refractivity contribution in [2.75, 3.05) is 7.11 Å². The van der Waals surface area contributed by atoms with Crippen LogP contribution in [0.25, 0.3) is 0 Å². The molecular weight excluding hydrogens is 266 g/mol. The third-order valence-electron chi connectivity index (χ3n) is 2.32. The molecule has 1 aromatic rings. The number of carbonyl (C=O) groups excluding carboxylic acids is 1. The summed E-state index contributed by atoms with van der Waals surface area (Å²) >= 11 is 5.57. The SMILES string of the molecule is COC(=O)Cc1ncc(C(F)F)c(CCl)c1C#N. The third kappa shape index (κ3) is 2.93. The van der Waals surface area contributed by atoms with E-state index in [0.717, 1.165) is 6.20 Å². The van der Waals surface area contributed by atoms with E-state index in [1.54, 1.807) is 6.07 Å². The van der Waals surface area contributed by atoms with E-state index >= 15 is 0 Å². The molecule has 0 fully saturated rings. The molecule has 18 heavy (non-hydrogen) atoms. The van der Waals surface area contributed by atoms with E-state index in [1.165, 1.54) is 7.11 Å². The molecule has 1 heterocycles. The highest BCUT2D eigenvalue weighted by Crippen LogP contribution is 2.27. The maximum atomic E-state index is 12.7. The molecule has 0 aliphatic carbocycles. The van der Waals surface area contributed by atoms with Gasteiger partial charge in [-0.05, 0) is 5.56 Å². The molecule has 0 atom stereocenters. The number of rotatable bonds is 4. The van der Waals surface area contributed by atoms with Crippen molar-refractivity contribution >= 4 is 17.6 Å². The lowest BCUT2D eigenvalue weighted by Gasteiger charge is -2.10. The number of esters is 1. The summed E-state index contributed by atoms with van der Waals surface area (Å²) in [6.45, 7) is 0. The van der Waals surface area contributed by atoms with Gasteiger partial charge in [0.25, 0.3) is 6.43 Å². The van der Waals surface area contributed by atoms with Crippen LogP contribution in [-0.2, 0) is 21.8 Å². The minimum Gasteiger partial charge on any atom is -0.469 e. The molecule has 0 radical (unpaired) electrons. The van der Waals surface area contributed by atoms with E-state index in [1.807, 2.05) is 0 Å². The second kappa shape index (κ2) is 6.26. The fourth-order valence-corrected chi connectivity index (χ4v) is 1.70. The number of hydrogen-bond donors (Lipinski definition) is 0. The molecule has 0 aliphatic rings. The van der Waals surface area contributed by atoms with E-state index in [-0.39, 0.29) is 29.1 Å². The Morgan fingerprint density at radius 1 is 1.67 bits per heavy atom. The zero-order valence-electron chi connectivity index (χ0n) is 9.41. The molecular formula is C11H9ClF2N2O2. The Morgan fingerprint density at radius 2 is 2.33 bits per heavy atom. The average molecular weight is 275 g/mol. The Bertz CT molecular complexity index is 501. The Balaban J connectivity index is 3.31. The van der Waals surface area contributed by atoms with Crippen molar-refractivity contribution in [1.29, 1.82) is 5.26 Å². The highest BCUT2D eigenvalue weighted by Gasteiger charge is 2.21. The zero-order valence-corrected chi connectivity index (χ0v) is 10.2. The number of methoxy groups -OCH3 is 1. The lowest BCUT2D eigenvalue weighted by atomic mass is 10.0. The molecule has 4 nitrogen and oxygen atoms in total. The molecule has 1 rings (SSSR count). The molecule has 0 unspecified atom stereocenters. The second-order valence-corrected chi connectivity index (χ2v) is 3.58. The lowest BCUT2D eigenvalue weighted by Crippen LogP contribution is -2.11. The Hall–Kier alpha value is -1.74. The molecule has 0 saturated heterocycles. The minimum atomic E-state index is -2.77. The minimum absolute atomic E-state index is 0.00284. The van der Waals surface area contributed by atoms with Gasteiger partial charge >= 0.3 is 5.97 Å². The van der Waals surface area contributed by atoms with Gasteiger partial charge in [-0.15, -0.1) is 11.6 Å². The van der Waals surface area contributed by atoms with Crippen molar-refractivity contribution in [3.8, 4) is 6.07 Å². The van der Waals surface area contributed by atoms with Gasteiger partial charge in [-0.2, -0.15) is 5.26 Å². The molecule has 0 N–H and O–H groups in total. The first kappa shape index (κ1) is 14.3. The van der Waals surface area contributed by atoms with E-state index in [9.17, 15) is 13.6 Å². The van der Waals surface area contributed by atoms with Crippen LogP contribution in [0.2, 0.25) is 0 Å². The van der Waals surface area contributed by atoms with Gasteiger partial charge in [0.2, 0.25) is 0 Å². The van der Waals surface area contributed by atoms with Crippen molar-refractivity contribution < 1.29 is 18.3 Å². The van der Waals surface area contributed by atoms with E-state index in [4.69, 9.17) is 16.9 Å². The number of hydrogen-bond acceptors (Lipinski definition) is 4. The van der Waals surface area contributed by atoms with Crippen LogP contribution in [0.4, 0.5) is 8.78 Å². The summed E-state index contributed by atoms with van der Waals surface area (Å²) in [6, 6.07) is 1.75. The van der Waals surface area contributed by atoms with Gasteiger partial charge in [-0.3, -0.25) is 9.78 Å². The van der Waals surface area contributed by atoms with Crippen LogP contribution in [0, 0.1) is 11.3 Å². The molecule has 96 valence electrons. The number of alkyl halides is 3. The van der Waals surface area contributed by atoms with Crippen LogP contribution >= 0.6 is 11.6 Å². The number of carbonyl (C=O) groups is 1. The molecule has 7 heteroatoms. The van der Waals surface area contributed by atoms with Gasteiger partial charge < -0.3 is 4.74 Å². The van der Waals surface area contributed by atoms with Crippen molar-refractivity contribution in [3.05, 3.63) is 28.6 Å². The normalized spacial score (nSPS) is 10.2. The van der Waals surface area contributed by atoms with Gasteiger partial charge in [-0.1, -0.05) is 0 Å². The number of halogens is 3. The average Bonchev–Trinajstić information content (AvgIpc) is 2.37. The number of nitriles is 1.